The second kappa shape index (κ2) is 5.51. The van der Waals surface area contributed by atoms with E-state index in [2.05, 4.69) is 25.9 Å². The van der Waals surface area contributed by atoms with Crippen molar-refractivity contribution < 1.29 is 14.3 Å². The minimum Gasteiger partial charge on any atom is -0.480 e. The van der Waals surface area contributed by atoms with Gasteiger partial charge in [-0.2, -0.15) is 4.98 Å². The Kier molecular flexibility index (Phi) is 4.00. The van der Waals surface area contributed by atoms with Crippen molar-refractivity contribution in [1.29, 1.82) is 0 Å². The van der Waals surface area contributed by atoms with Crippen LogP contribution in [-0.2, 0) is 9.53 Å². The fraction of sp³-hybridized carbons (Fsp3) is 0.545. The number of anilines is 1. The fourth-order valence-corrected chi connectivity index (χ4v) is 2.29. The van der Waals surface area contributed by atoms with E-state index in [0.717, 1.165) is 13.0 Å². The Morgan fingerprint density at radius 1 is 1.56 bits per heavy atom. The Bertz CT molecular complexity index is 455. The number of aromatic nitrogens is 2. The van der Waals surface area contributed by atoms with E-state index in [4.69, 9.17) is 9.47 Å². The van der Waals surface area contributed by atoms with Crippen molar-refractivity contribution in [2.75, 3.05) is 32.2 Å². The van der Waals surface area contributed by atoms with Gasteiger partial charge in [0.05, 0.1) is 30.8 Å². The first kappa shape index (κ1) is 13.1. The zero-order valence-corrected chi connectivity index (χ0v) is 11.8. The number of hydrogen-bond donors (Lipinski definition) is 0. The standard InChI is InChI=1S/C11H14BrN3O3/c1-17-9-8(12)5-13-11(14-9)15-4-3-7(6-15)10(16)18-2/h5,7H,3-4,6H2,1-2H3. The van der Waals surface area contributed by atoms with Gasteiger partial charge in [-0.3, -0.25) is 4.79 Å². The molecule has 1 aromatic rings. The maximum absolute atomic E-state index is 11.4. The molecule has 1 saturated heterocycles. The van der Waals surface area contributed by atoms with Crippen molar-refractivity contribution >= 4 is 27.8 Å². The Morgan fingerprint density at radius 3 is 3.00 bits per heavy atom. The summed E-state index contributed by atoms with van der Waals surface area (Å²) < 4.78 is 10.6. The summed E-state index contributed by atoms with van der Waals surface area (Å²) in [5, 5.41) is 0. The molecule has 1 atom stereocenters. The topological polar surface area (TPSA) is 64.5 Å². The second-order valence-electron chi connectivity index (χ2n) is 3.98. The van der Waals surface area contributed by atoms with Gasteiger partial charge in [0, 0.05) is 13.1 Å². The molecule has 6 nitrogen and oxygen atoms in total. The number of ether oxygens (including phenoxy) is 2. The molecule has 0 amide bonds. The van der Waals surface area contributed by atoms with Crippen LogP contribution < -0.4 is 9.64 Å². The smallest absolute Gasteiger partial charge is 0.310 e. The van der Waals surface area contributed by atoms with Crippen LogP contribution in [0.1, 0.15) is 6.42 Å². The van der Waals surface area contributed by atoms with E-state index < -0.39 is 0 Å². The summed E-state index contributed by atoms with van der Waals surface area (Å²) in [6.45, 7) is 1.32. The average molecular weight is 316 g/mol. The largest absolute Gasteiger partial charge is 0.480 e. The van der Waals surface area contributed by atoms with Gasteiger partial charge in [0.25, 0.3) is 0 Å². The lowest BCUT2D eigenvalue weighted by atomic mass is 10.1. The highest BCUT2D eigenvalue weighted by atomic mass is 79.9. The summed E-state index contributed by atoms with van der Waals surface area (Å²) >= 11 is 3.30. The first-order chi connectivity index (χ1) is 8.65. The molecular weight excluding hydrogens is 302 g/mol. The van der Waals surface area contributed by atoms with Crippen LogP contribution in [0.2, 0.25) is 0 Å². The van der Waals surface area contributed by atoms with Crippen molar-refractivity contribution in [2.24, 2.45) is 5.92 Å². The van der Waals surface area contributed by atoms with Crippen LogP contribution in [-0.4, -0.2) is 43.2 Å². The molecule has 0 bridgehead atoms. The summed E-state index contributed by atoms with van der Waals surface area (Å²) in [5.41, 5.74) is 0. The molecule has 98 valence electrons. The van der Waals surface area contributed by atoms with Crippen LogP contribution in [0.3, 0.4) is 0 Å². The molecule has 2 heterocycles. The fourth-order valence-electron chi connectivity index (χ4n) is 1.94. The van der Waals surface area contributed by atoms with Gasteiger partial charge in [0.1, 0.15) is 0 Å². The molecule has 1 unspecified atom stereocenters. The average Bonchev–Trinajstić information content (AvgIpc) is 2.88. The van der Waals surface area contributed by atoms with Crippen molar-refractivity contribution in [3.05, 3.63) is 10.7 Å². The van der Waals surface area contributed by atoms with E-state index in [9.17, 15) is 4.79 Å². The van der Waals surface area contributed by atoms with Gasteiger partial charge >= 0.3 is 5.97 Å². The third-order valence-electron chi connectivity index (χ3n) is 2.90. The molecule has 7 heteroatoms. The molecule has 0 radical (unpaired) electrons. The van der Waals surface area contributed by atoms with Crippen molar-refractivity contribution in [3.63, 3.8) is 0 Å². The SMILES string of the molecule is COC(=O)C1CCN(c2ncc(Br)c(OC)n2)C1. The molecule has 1 fully saturated rings. The van der Waals surface area contributed by atoms with E-state index >= 15 is 0 Å². The van der Waals surface area contributed by atoms with Gasteiger partial charge in [-0.1, -0.05) is 0 Å². The highest BCUT2D eigenvalue weighted by molar-refractivity contribution is 9.10. The number of rotatable bonds is 3. The Labute approximate surface area is 113 Å². The third kappa shape index (κ3) is 2.55. The summed E-state index contributed by atoms with van der Waals surface area (Å²) in [4.78, 5) is 21.9. The van der Waals surface area contributed by atoms with Gasteiger partial charge in [-0.25, -0.2) is 4.98 Å². The Balaban J connectivity index is 2.12. The summed E-state index contributed by atoms with van der Waals surface area (Å²) in [6, 6.07) is 0. The lowest BCUT2D eigenvalue weighted by Crippen LogP contribution is -2.25. The number of halogens is 1. The second-order valence-corrected chi connectivity index (χ2v) is 4.84. The van der Waals surface area contributed by atoms with Crippen LogP contribution in [0.15, 0.2) is 10.7 Å². The minimum atomic E-state index is -0.179. The third-order valence-corrected chi connectivity index (χ3v) is 3.44. The number of carbonyl (C=O) groups excluding carboxylic acids is 1. The van der Waals surface area contributed by atoms with Crippen LogP contribution in [0.5, 0.6) is 5.88 Å². The highest BCUT2D eigenvalue weighted by Crippen LogP contribution is 2.26. The molecule has 1 aliphatic rings. The number of carbonyl (C=O) groups is 1. The molecule has 1 aromatic heterocycles. The van der Waals surface area contributed by atoms with Gasteiger partial charge in [-0.15, -0.1) is 0 Å². The van der Waals surface area contributed by atoms with Crippen molar-refractivity contribution in [1.82, 2.24) is 9.97 Å². The minimum absolute atomic E-state index is 0.103. The zero-order chi connectivity index (χ0) is 13.1. The maximum atomic E-state index is 11.4. The van der Waals surface area contributed by atoms with Crippen molar-refractivity contribution in [2.45, 2.75) is 6.42 Å². The van der Waals surface area contributed by atoms with E-state index in [-0.39, 0.29) is 11.9 Å². The number of nitrogens with zero attached hydrogens (tertiary/aromatic N) is 3. The predicted octanol–water partition coefficient (Wildman–Crippen LogP) is 1.25. The molecule has 0 spiro atoms. The molecule has 0 aromatic carbocycles. The maximum Gasteiger partial charge on any atom is 0.310 e. The zero-order valence-electron chi connectivity index (χ0n) is 10.2. The molecule has 18 heavy (non-hydrogen) atoms. The van der Waals surface area contributed by atoms with E-state index in [1.54, 1.807) is 13.3 Å². The van der Waals surface area contributed by atoms with Gasteiger partial charge in [-0.05, 0) is 22.4 Å². The monoisotopic (exact) mass is 315 g/mol. The molecule has 0 aliphatic carbocycles. The van der Waals surface area contributed by atoms with E-state index in [1.807, 2.05) is 4.90 Å². The van der Waals surface area contributed by atoms with E-state index in [0.29, 0.717) is 22.8 Å². The van der Waals surface area contributed by atoms with E-state index in [1.165, 1.54) is 7.11 Å². The first-order valence-corrected chi connectivity index (χ1v) is 6.34. The number of esters is 1. The van der Waals surface area contributed by atoms with Crippen LogP contribution in [0.25, 0.3) is 0 Å². The Morgan fingerprint density at radius 2 is 2.33 bits per heavy atom. The predicted molar refractivity (Wildman–Crippen MR) is 68.6 cm³/mol. The number of hydrogen-bond acceptors (Lipinski definition) is 6. The molecule has 2 rings (SSSR count). The lowest BCUT2D eigenvalue weighted by molar-refractivity contribution is -0.144. The van der Waals surface area contributed by atoms with Crippen LogP contribution >= 0.6 is 15.9 Å². The van der Waals surface area contributed by atoms with Gasteiger partial charge in [0.15, 0.2) is 0 Å². The van der Waals surface area contributed by atoms with Crippen LogP contribution in [0.4, 0.5) is 5.95 Å². The van der Waals surface area contributed by atoms with Gasteiger partial charge < -0.3 is 14.4 Å². The molecule has 1 aliphatic heterocycles. The summed E-state index contributed by atoms with van der Waals surface area (Å²) in [5.74, 6) is 0.776. The number of methoxy groups -OCH3 is 2. The Hall–Kier alpha value is -1.37. The normalized spacial score (nSPS) is 18.8. The summed E-state index contributed by atoms with van der Waals surface area (Å²) in [6.07, 6.45) is 2.40. The molecule has 0 N–H and O–H groups in total. The molecule has 0 saturated carbocycles. The quantitative estimate of drug-likeness (QED) is 0.782. The summed E-state index contributed by atoms with van der Waals surface area (Å²) in [7, 11) is 2.96. The van der Waals surface area contributed by atoms with Crippen molar-refractivity contribution in [3.8, 4) is 5.88 Å². The first-order valence-electron chi connectivity index (χ1n) is 5.55. The van der Waals surface area contributed by atoms with Crippen LogP contribution in [0, 0.1) is 5.92 Å². The molecular formula is C11H14BrN3O3. The lowest BCUT2D eigenvalue weighted by Gasteiger charge is -2.16. The van der Waals surface area contributed by atoms with Gasteiger partial charge in [0.2, 0.25) is 11.8 Å². The highest BCUT2D eigenvalue weighted by Gasteiger charge is 2.30.